The average Bonchev–Trinajstić information content (AvgIpc) is 2.24. The Morgan fingerprint density at radius 1 is 1.24 bits per heavy atom. The molecule has 0 fully saturated rings. The summed E-state index contributed by atoms with van der Waals surface area (Å²) in [7, 11) is 0. The summed E-state index contributed by atoms with van der Waals surface area (Å²) in [4.78, 5) is 0. The zero-order chi connectivity index (χ0) is 12.8. The molecule has 0 radical (unpaired) electrons. The van der Waals surface area contributed by atoms with E-state index in [2.05, 4.69) is 19.2 Å². The van der Waals surface area contributed by atoms with Gasteiger partial charge in [-0.3, -0.25) is 0 Å². The van der Waals surface area contributed by atoms with Crippen molar-refractivity contribution in [1.29, 1.82) is 0 Å². The van der Waals surface area contributed by atoms with Gasteiger partial charge in [-0.15, -0.1) is 0 Å². The van der Waals surface area contributed by atoms with E-state index in [0.29, 0.717) is 31.2 Å². The normalized spacial score (nSPS) is 10.9. The summed E-state index contributed by atoms with van der Waals surface area (Å²) >= 11 is 0. The van der Waals surface area contributed by atoms with Crippen molar-refractivity contribution in [3.05, 3.63) is 29.3 Å². The van der Waals surface area contributed by atoms with Gasteiger partial charge in [0.25, 0.3) is 0 Å². The van der Waals surface area contributed by atoms with Crippen molar-refractivity contribution in [3.8, 4) is 0 Å². The van der Waals surface area contributed by atoms with E-state index in [1.54, 1.807) is 0 Å². The van der Waals surface area contributed by atoms with Gasteiger partial charge in [0.1, 0.15) is 11.6 Å². The maximum atomic E-state index is 13.4. The number of hydrogen-bond donors (Lipinski definition) is 1. The van der Waals surface area contributed by atoms with Crippen LogP contribution in [0.2, 0.25) is 0 Å². The first kappa shape index (κ1) is 13.9. The number of ether oxygens (including phenoxy) is 1. The lowest BCUT2D eigenvalue weighted by atomic mass is 10.2. The van der Waals surface area contributed by atoms with Gasteiger partial charge in [-0.2, -0.15) is 0 Å². The van der Waals surface area contributed by atoms with Crippen molar-refractivity contribution in [1.82, 2.24) is 0 Å². The zero-order valence-electron chi connectivity index (χ0n) is 10.5. The third-order valence-corrected chi connectivity index (χ3v) is 2.26. The van der Waals surface area contributed by atoms with Crippen LogP contribution in [0.1, 0.15) is 19.4 Å². The van der Waals surface area contributed by atoms with Crippen LogP contribution in [0.15, 0.2) is 12.1 Å². The molecule has 1 rings (SSSR count). The predicted molar refractivity (Wildman–Crippen MR) is 65.2 cm³/mol. The first-order valence-corrected chi connectivity index (χ1v) is 5.78. The van der Waals surface area contributed by atoms with Gasteiger partial charge < -0.3 is 10.1 Å². The van der Waals surface area contributed by atoms with E-state index in [1.165, 1.54) is 19.1 Å². The number of anilines is 1. The number of nitrogens with one attached hydrogen (secondary N) is 1. The fourth-order valence-corrected chi connectivity index (χ4v) is 1.36. The summed E-state index contributed by atoms with van der Waals surface area (Å²) < 4.78 is 31.9. The van der Waals surface area contributed by atoms with Crippen molar-refractivity contribution in [2.45, 2.75) is 20.8 Å². The topological polar surface area (TPSA) is 21.3 Å². The first-order chi connectivity index (χ1) is 8.00. The van der Waals surface area contributed by atoms with Crippen LogP contribution in [0.5, 0.6) is 0 Å². The molecular formula is C13H19F2NO. The monoisotopic (exact) mass is 243 g/mol. The molecule has 0 spiro atoms. The molecule has 2 nitrogen and oxygen atoms in total. The number of hydrogen-bond acceptors (Lipinski definition) is 2. The van der Waals surface area contributed by atoms with E-state index in [-0.39, 0.29) is 5.69 Å². The van der Waals surface area contributed by atoms with Gasteiger partial charge in [0, 0.05) is 19.2 Å². The molecule has 0 unspecified atom stereocenters. The minimum absolute atomic E-state index is 0.182. The fraction of sp³-hybridized carbons (Fsp3) is 0.538. The molecule has 0 aliphatic rings. The third-order valence-electron chi connectivity index (χ3n) is 2.26. The Balaban J connectivity index is 2.39. The number of benzene rings is 1. The van der Waals surface area contributed by atoms with Crippen LogP contribution < -0.4 is 5.32 Å². The van der Waals surface area contributed by atoms with Gasteiger partial charge in [-0.1, -0.05) is 13.8 Å². The molecule has 0 aliphatic carbocycles. The third kappa shape index (κ3) is 4.69. The molecule has 4 heteroatoms. The summed E-state index contributed by atoms with van der Waals surface area (Å²) in [5.74, 6) is -0.367. The molecule has 0 heterocycles. The molecule has 0 atom stereocenters. The number of halogens is 2. The Morgan fingerprint density at radius 2 is 1.94 bits per heavy atom. The molecule has 0 saturated heterocycles. The molecule has 0 aliphatic heterocycles. The summed E-state index contributed by atoms with van der Waals surface area (Å²) in [6.45, 7) is 7.27. The Bertz CT molecular complexity index is 367. The number of aryl methyl sites for hydroxylation is 1. The Labute approximate surface area is 101 Å². The van der Waals surface area contributed by atoms with E-state index < -0.39 is 11.6 Å². The van der Waals surface area contributed by atoms with Crippen molar-refractivity contribution in [3.63, 3.8) is 0 Å². The van der Waals surface area contributed by atoms with E-state index in [1.807, 2.05) is 0 Å². The lowest BCUT2D eigenvalue weighted by Crippen LogP contribution is -2.13. The van der Waals surface area contributed by atoms with Gasteiger partial charge in [-0.25, -0.2) is 8.78 Å². The summed E-state index contributed by atoms with van der Waals surface area (Å²) in [5, 5.41) is 2.81. The van der Waals surface area contributed by atoms with Gasteiger partial charge >= 0.3 is 0 Å². The Morgan fingerprint density at radius 3 is 2.59 bits per heavy atom. The average molecular weight is 243 g/mol. The van der Waals surface area contributed by atoms with E-state index in [9.17, 15) is 8.78 Å². The summed E-state index contributed by atoms with van der Waals surface area (Å²) in [6, 6.07) is 2.36. The van der Waals surface area contributed by atoms with Crippen LogP contribution in [-0.4, -0.2) is 19.8 Å². The van der Waals surface area contributed by atoms with Crippen LogP contribution in [0.4, 0.5) is 14.5 Å². The van der Waals surface area contributed by atoms with Crippen molar-refractivity contribution in [2.24, 2.45) is 5.92 Å². The van der Waals surface area contributed by atoms with Gasteiger partial charge in [-0.05, 0) is 24.5 Å². The van der Waals surface area contributed by atoms with E-state index >= 15 is 0 Å². The minimum Gasteiger partial charge on any atom is -0.380 e. The quantitative estimate of drug-likeness (QED) is 0.773. The molecule has 1 N–H and O–H groups in total. The van der Waals surface area contributed by atoms with Crippen LogP contribution in [0.3, 0.4) is 0 Å². The van der Waals surface area contributed by atoms with Gasteiger partial charge in [0.05, 0.1) is 12.3 Å². The second-order valence-electron chi connectivity index (χ2n) is 4.48. The molecule has 1 aromatic carbocycles. The second-order valence-corrected chi connectivity index (χ2v) is 4.48. The molecule has 17 heavy (non-hydrogen) atoms. The van der Waals surface area contributed by atoms with Crippen molar-refractivity contribution >= 4 is 5.69 Å². The van der Waals surface area contributed by atoms with Crippen LogP contribution in [0.25, 0.3) is 0 Å². The highest BCUT2D eigenvalue weighted by Crippen LogP contribution is 2.18. The Kier molecular flexibility index (Phi) is 5.35. The second kappa shape index (κ2) is 6.55. The summed E-state index contributed by atoms with van der Waals surface area (Å²) in [6.07, 6.45) is 0. The molecule has 96 valence electrons. The zero-order valence-corrected chi connectivity index (χ0v) is 10.5. The fourth-order valence-electron chi connectivity index (χ4n) is 1.36. The molecule has 0 amide bonds. The SMILES string of the molecule is Cc1cc(F)c(NCCOCC(C)C)cc1F. The van der Waals surface area contributed by atoms with Crippen molar-refractivity contribution < 1.29 is 13.5 Å². The van der Waals surface area contributed by atoms with Crippen LogP contribution in [0, 0.1) is 24.5 Å². The minimum atomic E-state index is -0.437. The van der Waals surface area contributed by atoms with Gasteiger partial charge in [0.2, 0.25) is 0 Å². The first-order valence-electron chi connectivity index (χ1n) is 5.78. The molecule has 0 bridgehead atoms. The standard InChI is InChI=1S/C13H19F2NO/c1-9(2)8-17-5-4-16-13-7-11(14)10(3)6-12(13)15/h6-7,9,16H,4-5,8H2,1-3H3. The largest absolute Gasteiger partial charge is 0.380 e. The smallest absolute Gasteiger partial charge is 0.146 e. The maximum absolute atomic E-state index is 13.4. The molecule has 1 aromatic rings. The maximum Gasteiger partial charge on any atom is 0.146 e. The Hall–Kier alpha value is -1.16. The highest BCUT2D eigenvalue weighted by Gasteiger charge is 2.06. The highest BCUT2D eigenvalue weighted by atomic mass is 19.1. The van der Waals surface area contributed by atoms with Crippen LogP contribution in [-0.2, 0) is 4.74 Å². The highest BCUT2D eigenvalue weighted by molar-refractivity contribution is 5.46. The summed E-state index contributed by atoms with van der Waals surface area (Å²) in [5.41, 5.74) is 0.491. The molecule has 0 aromatic heterocycles. The van der Waals surface area contributed by atoms with Crippen molar-refractivity contribution in [2.75, 3.05) is 25.1 Å². The number of rotatable bonds is 6. The molecule has 0 saturated carbocycles. The predicted octanol–water partition coefficient (Wildman–Crippen LogP) is 3.36. The van der Waals surface area contributed by atoms with Crippen LogP contribution >= 0.6 is 0 Å². The molecular weight excluding hydrogens is 224 g/mol. The lowest BCUT2D eigenvalue weighted by Gasteiger charge is -2.10. The van der Waals surface area contributed by atoms with Gasteiger partial charge in [0.15, 0.2) is 0 Å². The lowest BCUT2D eigenvalue weighted by molar-refractivity contribution is 0.118. The van der Waals surface area contributed by atoms with E-state index in [4.69, 9.17) is 4.74 Å². The van der Waals surface area contributed by atoms with E-state index in [0.717, 1.165) is 0 Å².